The summed E-state index contributed by atoms with van der Waals surface area (Å²) in [6, 6.07) is 6.13. The average molecular weight is 295 g/mol. The molecule has 120 valence electrons. The van der Waals surface area contributed by atoms with Gasteiger partial charge in [0.05, 0.1) is 19.3 Å². The molecule has 0 fully saturated rings. The Hall–Kier alpha value is -1.26. The Kier molecular flexibility index (Phi) is 8.16. The molecule has 0 aliphatic heterocycles. The Bertz CT molecular complexity index is 409. The second kappa shape index (κ2) is 9.64. The first-order valence-electron chi connectivity index (χ1n) is 7.93. The summed E-state index contributed by atoms with van der Waals surface area (Å²) >= 11 is 0. The molecular weight excluding hydrogens is 266 g/mol. The SMILES string of the molecule is CCOc1ccc(C(O)CCNC(C)CC)cc1OCC. The van der Waals surface area contributed by atoms with Crippen LogP contribution in [-0.2, 0) is 0 Å². The molecule has 0 aliphatic carbocycles. The fraction of sp³-hybridized carbons (Fsp3) is 0.647. The van der Waals surface area contributed by atoms with Crippen LogP contribution in [0.3, 0.4) is 0 Å². The van der Waals surface area contributed by atoms with Gasteiger partial charge in [0.2, 0.25) is 0 Å². The topological polar surface area (TPSA) is 50.7 Å². The quantitative estimate of drug-likeness (QED) is 0.695. The minimum atomic E-state index is -0.489. The van der Waals surface area contributed by atoms with Crippen molar-refractivity contribution in [3.8, 4) is 11.5 Å². The van der Waals surface area contributed by atoms with Gasteiger partial charge in [-0.15, -0.1) is 0 Å². The van der Waals surface area contributed by atoms with Gasteiger partial charge in [-0.25, -0.2) is 0 Å². The highest BCUT2D eigenvalue weighted by Crippen LogP contribution is 2.31. The van der Waals surface area contributed by atoms with E-state index in [9.17, 15) is 5.11 Å². The van der Waals surface area contributed by atoms with Gasteiger partial charge in [0.1, 0.15) is 0 Å². The summed E-state index contributed by atoms with van der Waals surface area (Å²) in [7, 11) is 0. The van der Waals surface area contributed by atoms with Crippen molar-refractivity contribution in [3.63, 3.8) is 0 Å². The van der Waals surface area contributed by atoms with Gasteiger partial charge in [-0.2, -0.15) is 0 Å². The van der Waals surface area contributed by atoms with Crippen molar-refractivity contribution in [3.05, 3.63) is 23.8 Å². The average Bonchev–Trinajstić information content (AvgIpc) is 2.49. The molecule has 0 saturated heterocycles. The van der Waals surface area contributed by atoms with Crippen LogP contribution in [0.4, 0.5) is 0 Å². The van der Waals surface area contributed by atoms with E-state index in [1.165, 1.54) is 0 Å². The van der Waals surface area contributed by atoms with Gasteiger partial charge >= 0.3 is 0 Å². The largest absolute Gasteiger partial charge is 0.490 e. The van der Waals surface area contributed by atoms with Crippen molar-refractivity contribution in [2.24, 2.45) is 0 Å². The fourth-order valence-electron chi connectivity index (χ4n) is 2.05. The van der Waals surface area contributed by atoms with E-state index in [-0.39, 0.29) is 0 Å². The van der Waals surface area contributed by atoms with Crippen molar-refractivity contribution in [2.45, 2.75) is 52.7 Å². The fourth-order valence-corrected chi connectivity index (χ4v) is 2.05. The first-order valence-corrected chi connectivity index (χ1v) is 7.93. The third-order valence-corrected chi connectivity index (χ3v) is 3.48. The maximum Gasteiger partial charge on any atom is 0.161 e. The van der Waals surface area contributed by atoms with Gasteiger partial charge in [-0.3, -0.25) is 0 Å². The minimum absolute atomic E-state index is 0.483. The molecule has 4 nitrogen and oxygen atoms in total. The smallest absolute Gasteiger partial charge is 0.161 e. The summed E-state index contributed by atoms with van der Waals surface area (Å²) in [5, 5.41) is 13.7. The molecule has 0 aromatic heterocycles. The predicted molar refractivity (Wildman–Crippen MR) is 86.1 cm³/mol. The van der Waals surface area contributed by atoms with E-state index in [4.69, 9.17) is 9.47 Å². The van der Waals surface area contributed by atoms with E-state index in [2.05, 4.69) is 19.2 Å². The summed E-state index contributed by atoms with van der Waals surface area (Å²) in [5.74, 6) is 1.43. The highest BCUT2D eigenvalue weighted by Gasteiger charge is 2.12. The molecule has 2 atom stereocenters. The number of nitrogens with one attached hydrogen (secondary N) is 1. The van der Waals surface area contributed by atoms with Crippen LogP contribution in [0.5, 0.6) is 11.5 Å². The van der Waals surface area contributed by atoms with Crippen LogP contribution >= 0.6 is 0 Å². The Labute approximate surface area is 128 Å². The number of rotatable bonds is 10. The van der Waals surface area contributed by atoms with Crippen LogP contribution in [0.2, 0.25) is 0 Å². The summed E-state index contributed by atoms with van der Waals surface area (Å²) in [6.07, 6.45) is 1.29. The van der Waals surface area contributed by atoms with Crippen molar-refractivity contribution in [1.82, 2.24) is 5.32 Å². The van der Waals surface area contributed by atoms with Gasteiger partial charge in [0.15, 0.2) is 11.5 Å². The van der Waals surface area contributed by atoms with E-state index in [0.29, 0.717) is 31.4 Å². The van der Waals surface area contributed by atoms with E-state index in [1.54, 1.807) is 0 Å². The van der Waals surface area contributed by atoms with E-state index in [0.717, 1.165) is 24.3 Å². The monoisotopic (exact) mass is 295 g/mol. The molecule has 0 aliphatic rings. The summed E-state index contributed by atoms with van der Waals surface area (Å²) in [6.45, 7) is 10.2. The van der Waals surface area contributed by atoms with Crippen LogP contribution in [0.1, 0.15) is 52.2 Å². The van der Waals surface area contributed by atoms with Crippen LogP contribution in [0.15, 0.2) is 18.2 Å². The molecule has 0 amide bonds. The Balaban J connectivity index is 2.66. The normalized spacial score (nSPS) is 13.8. The summed E-state index contributed by atoms with van der Waals surface area (Å²) in [5.41, 5.74) is 0.868. The third kappa shape index (κ3) is 5.94. The van der Waals surface area contributed by atoms with Crippen molar-refractivity contribution in [2.75, 3.05) is 19.8 Å². The van der Waals surface area contributed by atoms with Gasteiger partial charge in [0.25, 0.3) is 0 Å². The lowest BCUT2D eigenvalue weighted by atomic mass is 10.1. The zero-order valence-corrected chi connectivity index (χ0v) is 13.7. The molecular formula is C17H29NO3. The molecule has 2 unspecified atom stereocenters. The molecule has 0 heterocycles. The second-order valence-corrected chi connectivity index (χ2v) is 5.14. The van der Waals surface area contributed by atoms with Crippen molar-refractivity contribution < 1.29 is 14.6 Å². The van der Waals surface area contributed by atoms with Gasteiger partial charge in [-0.1, -0.05) is 13.0 Å². The highest BCUT2D eigenvalue weighted by atomic mass is 16.5. The van der Waals surface area contributed by atoms with E-state index < -0.39 is 6.10 Å². The summed E-state index contributed by atoms with van der Waals surface area (Å²) < 4.78 is 11.1. The standard InChI is InChI=1S/C17H29NO3/c1-5-13(4)18-11-10-15(19)14-8-9-16(20-6-2)17(12-14)21-7-3/h8-9,12-13,15,18-19H,5-7,10-11H2,1-4H3. The van der Waals surface area contributed by atoms with Crippen LogP contribution < -0.4 is 14.8 Å². The molecule has 0 radical (unpaired) electrons. The Morgan fingerprint density at radius 3 is 2.38 bits per heavy atom. The van der Waals surface area contributed by atoms with Gasteiger partial charge < -0.3 is 19.9 Å². The first-order chi connectivity index (χ1) is 10.1. The van der Waals surface area contributed by atoms with Crippen molar-refractivity contribution >= 4 is 0 Å². The Morgan fingerprint density at radius 2 is 1.76 bits per heavy atom. The predicted octanol–water partition coefficient (Wildman–Crippen LogP) is 3.30. The number of ether oxygens (including phenoxy) is 2. The number of hydrogen-bond acceptors (Lipinski definition) is 4. The molecule has 0 spiro atoms. The molecule has 0 bridgehead atoms. The maximum atomic E-state index is 10.3. The zero-order chi connectivity index (χ0) is 15.7. The number of aliphatic hydroxyl groups is 1. The molecule has 2 N–H and O–H groups in total. The van der Waals surface area contributed by atoms with Crippen molar-refractivity contribution in [1.29, 1.82) is 0 Å². The number of benzene rings is 1. The lowest BCUT2D eigenvalue weighted by Gasteiger charge is -2.17. The highest BCUT2D eigenvalue weighted by molar-refractivity contribution is 5.43. The van der Waals surface area contributed by atoms with Gasteiger partial charge in [0, 0.05) is 6.04 Å². The summed E-state index contributed by atoms with van der Waals surface area (Å²) in [4.78, 5) is 0. The van der Waals surface area contributed by atoms with Crippen LogP contribution in [-0.4, -0.2) is 30.9 Å². The zero-order valence-electron chi connectivity index (χ0n) is 13.7. The maximum absolute atomic E-state index is 10.3. The first kappa shape index (κ1) is 17.8. The Morgan fingerprint density at radius 1 is 1.10 bits per heavy atom. The molecule has 21 heavy (non-hydrogen) atoms. The molecule has 4 heteroatoms. The van der Waals surface area contributed by atoms with E-state index in [1.807, 2.05) is 32.0 Å². The minimum Gasteiger partial charge on any atom is -0.490 e. The van der Waals surface area contributed by atoms with E-state index >= 15 is 0 Å². The lowest BCUT2D eigenvalue weighted by Crippen LogP contribution is -2.27. The van der Waals surface area contributed by atoms with Crippen LogP contribution in [0, 0.1) is 0 Å². The second-order valence-electron chi connectivity index (χ2n) is 5.14. The number of aliphatic hydroxyl groups excluding tert-OH is 1. The van der Waals surface area contributed by atoms with Crippen LogP contribution in [0.25, 0.3) is 0 Å². The number of hydrogen-bond donors (Lipinski definition) is 2. The molecule has 0 saturated carbocycles. The van der Waals surface area contributed by atoms with Gasteiger partial charge in [-0.05, 0) is 57.9 Å². The lowest BCUT2D eigenvalue weighted by molar-refractivity contribution is 0.165. The molecule has 1 rings (SSSR count). The molecule has 1 aromatic rings. The third-order valence-electron chi connectivity index (χ3n) is 3.48. The molecule has 1 aromatic carbocycles.